The molecule has 0 spiro atoms. The minimum Gasteiger partial charge on any atom is -0.468 e. The third-order valence-electron chi connectivity index (χ3n) is 6.97. The first kappa shape index (κ1) is 22.9. The number of ether oxygens (including phenoxy) is 1. The number of aryl methyl sites for hydroxylation is 1. The summed E-state index contributed by atoms with van der Waals surface area (Å²) in [5, 5.41) is 7.07. The van der Waals surface area contributed by atoms with E-state index in [2.05, 4.69) is 59.7 Å². The zero-order valence-electron chi connectivity index (χ0n) is 19.6. The number of nitrogens with zero attached hydrogens (tertiary/aromatic N) is 2. The van der Waals surface area contributed by atoms with Crippen LogP contribution < -0.4 is 10.6 Å². The molecule has 0 aliphatic carbocycles. The van der Waals surface area contributed by atoms with Crippen molar-refractivity contribution < 1.29 is 9.15 Å². The Kier molecular flexibility index (Phi) is 7.87. The maximum absolute atomic E-state index is 5.79. The van der Waals surface area contributed by atoms with Crippen molar-refractivity contribution in [3.63, 3.8) is 0 Å². The van der Waals surface area contributed by atoms with Gasteiger partial charge in [-0.2, -0.15) is 0 Å². The minimum atomic E-state index is 0.0291. The van der Waals surface area contributed by atoms with E-state index in [9.17, 15) is 0 Å². The Morgan fingerprint density at radius 2 is 1.88 bits per heavy atom. The summed E-state index contributed by atoms with van der Waals surface area (Å²) in [6, 6.07) is 13.0. The molecule has 1 unspecified atom stereocenters. The lowest BCUT2D eigenvalue weighted by Gasteiger charge is -2.37. The summed E-state index contributed by atoms with van der Waals surface area (Å²) in [6.45, 7) is 10.5. The number of nitrogens with one attached hydrogen (secondary N) is 2. The standard InChI is InChI=1S/C26H38N4O2/c1-3-27-25(28-19-23(24-11-8-16-32-24)30-14-6-7-15-30)29-20-26(12-17-31-18-13-26)22-10-5-4-9-21(22)2/h4-5,8-11,16,23H,3,6-7,12-15,17-20H2,1-2H3,(H2,27,28,29). The van der Waals surface area contributed by atoms with Crippen LogP contribution in [0.15, 0.2) is 52.1 Å². The molecule has 6 heteroatoms. The van der Waals surface area contributed by atoms with Crippen LogP contribution in [0.2, 0.25) is 0 Å². The molecule has 0 bridgehead atoms. The molecule has 2 N–H and O–H groups in total. The van der Waals surface area contributed by atoms with Gasteiger partial charge in [-0.1, -0.05) is 24.3 Å². The van der Waals surface area contributed by atoms with Gasteiger partial charge >= 0.3 is 0 Å². The first-order valence-electron chi connectivity index (χ1n) is 12.2. The van der Waals surface area contributed by atoms with Crippen LogP contribution in [0.25, 0.3) is 0 Å². The summed E-state index contributed by atoms with van der Waals surface area (Å²) in [5.41, 5.74) is 2.78. The van der Waals surface area contributed by atoms with E-state index in [4.69, 9.17) is 14.1 Å². The van der Waals surface area contributed by atoms with Gasteiger partial charge < -0.3 is 19.8 Å². The number of likely N-dealkylation sites (tertiary alicyclic amines) is 1. The molecule has 3 heterocycles. The number of guanidine groups is 1. The van der Waals surface area contributed by atoms with Gasteiger partial charge in [0.15, 0.2) is 5.96 Å². The molecule has 32 heavy (non-hydrogen) atoms. The van der Waals surface area contributed by atoms with Gasteiger partial charge in [-0.25, -0.2) is 0 Å². The number of benzene rings is 1. The SMILES string of the molecule is CCNC(=NCC1(c2ccccc2C)CCOCC1)NCC(c1ccco1)N1CCCC1. The van der Waals surface area contributed by atoms with E-state index in [-0.39, 0.29) is 11.5 Å². The molecule has 2 aliphatic heterocycles. The van der Waals surface area contributed by atoms with Gasteiger partial charge in [0, 0.05) is 31.7 Å². The Morgan fingerprint density at radius 3 is 2.56 bits per heavy atom. The average Bonchev–Trinajstić information content (AvgIpc) is 3.54. The van der Waals surface area contributed by atoms with Crippen molar-refractivity contribution in [3.05, 3.63) is 59.5 Å². The lowest BCUT2D eigenvalue weighted by atomic mass is 9.72. The molecule has 174 valence electrons. The topological polar surface area (TPSA) is 62.0 Å². The molecule has 1 aromatic heterocycles. The zero-order valence-corrected chi connectivity index (χ0v) is 19.6. The minimum absolute atomic E-state index is 0.0291. The molecule has 2 saturated heterocycles. The van der Waals surface area contributed by atoms with Crippen molar-refractivity contribution in [1.29, 1.82) is 0 Å². The molecular formula is C26H38N4O2. The second-order valence-corrected chi connectivity index (χ2v) is 9.06. The normalized spacial score (nSPS) is 20.2. The third kappa shape index (κ3) is 5.36. The Morgan fingerprint density at radius 1 is 1.09 bits per heavy atom. The van der Waals surface area contributed by atoms with E-state index >= 15 is 0 Å². The van der Waals surface area contributed by atoms with E-state index in [1.807, 2.05) is 6.07 Å². The van der Waals surface area contributed by atoms with Crippen LogP contribution in [0.4, 0.5) is 0 Å². The number of furan rings is 1. The van der Waals surface area contributed by atoms with Crippen LogP contribution in [0.1, 0.15) is 55.5 Å². The Bertz CT molecular complexity index is 852. The summed E-state index contributed by atoms with van der Waals surface area (Å²) in [7, 11) is 0. The van der Waals surface area contributed by atoms with Crippen molar-refractivity contribution in [3.8, 4) is 0 Å². The number of hydrogen-bond donors (Lipinski definition) is 2. The number of rotatable bonds is 8. The highest BCUT2D eigenvalue weighted by molar-refractivity contribution is 5.79. The molecule has 2 aromatic rings. The predicted molar refractivity (Wildman–Crippen MR) is 129 cm³/mol. The van der Waals surface area contributed by atoms with Gasteiger partial charge in [0.25, 0.3) is 0 Å². The Labute approximate surface area is 192 Å². The molecule has 4 rings (SSSR count). The van der Waals surface area contributed by atoms with E-state index in [0.717, 1.165) is 70.5 Å². The molecule has 0 amide bonds. The maximum Gasteiger partial charge on any atom is 0.191 e. The van der Waals surface area contributed by atoms with E-state index < -0.39 is 0 Å². The van der Waals surface area contributed by atoms with Crippen molar-refractivity contribution in [2.45, 2.75) is 51.0 Å². The van der Waals surface area contributed by atoms with Gasteiger partial charge in [-0.05, 0) is 75.9 Å². The van der Waals surface area contributed by atoms with Crippen LogP contribution in [0.3, 0.4) is 0 Å². The van der Waals surface area contributed by atoms with Crippen molar-refractivity contribution in [2.24, 2.45) is 4.99 Å². The zero-order chi connectivity index (χ0) is 22.2. The lowest BCUT2D eigenvalue weighted by molar-refractivity contribution is 0.0529. The highest BCUT2D eigenvalue weighted by Gasteiger charge is 2.35. The molecule has 0 radical (unpaired) electrons. The van der Waals surface area contributed by atoms with Crippen molar-refractivity contribution in [1.82, 2.24) is 15.5 Å². The monoisotopic (exact) mass is 438 g/mol. The van der Waals surface area contributed by atoms with Gasteiger partial charge in [-0.15, -0.1) is 0 Å². The smallest absolute Gasteiger partial charge is 0.191 e. The maximum atomic E-state index is 5.79. The first-order valence-corrected chi connectivity index (χ1v) is 12.2. The summed E-state index contributed by atoms with van der Waals surface area (Å²) >= 11 is 0. The van der Waals surface area contributed by atoms with E-state index in [1.165, 1.54) is 24.0 Å². The molecule has 0 saturated carbocycles. The quantitative estimate of drug-likeness (QED) is 0.481. The highest BCUT2D eigenvalue weighted by Crippen LogP contribution is 2.37. The first-order chi connectivity index (χ1) is 15.7. The Balaban J connectivity index is 1.50. The van der Waals surface area contributed by atoms with Gasteiger partial charge in [0.05, 0.1) is 18.8 Å². The fourth-order valence-electron chi connectivity index (χ4n) is 5.15. The summed E-state index contributed by atoms with van der Waals surface area (Å²) in [5.74, 6) is 1.90. The van der Waals surface area contributed by atoms with Gasteiger partial charge in [-0.3, -0.25) is 9.89 Å². The second kappa shape index (κ2) is 11.0. The second-order valence-electron chi connectivity index (χ2n) is 9.06. The summed E-state index contributed by atoms with van der Waals surface area (Å²) in [4.78, 5) is 7.61. The van der Waals surface area contributed by atoms with Crippen LogP contribution in [-0.4, -0.2) is 56.8 Å². The van der Waals surface area contributed by atoms with Crippen LogP contribution in [-0.2, 0) is 10.2 Å². The highest BCUT2D eigenvalue weighted by atomic mass is 16.5. The predicted octanol–water partition coefficient (Wildman–Crippen LogP) is 4.03. The fourth-order valence-corrected chi connectivity index (χ4v) is 5.15. The lowest BCUT2D eigenvalue weighted by Crippen LogP contribution is -2.44. The largest absolute Gasteiger partial charge is 0.468 e. The molecule has 2 fully saturated rings. The van der Waals surface area contributed by atoms with E-state index in [0.29, 0.717) is 0 Å². The average molecular weight is 439 g/mol. The fraction of sp³-hybridized carbons (Fsp3) is 0.577. The molecular weight excluding hydrogens is 400 g/mol. The van der Waals surface area contributed by atoms with Gasteiger partial charge in [0.2, 0.25) is 0 Å². The van der Waals surface area contributed by atoms with Crippen LogP contribution >= 0.6 is 0 Å². The van der Waals surface area contributed by atoms with Crippen LogP contribution in [0.5, 0.6) is 0 Å². The van der Waals surface area contributed by atoms with Gasteiger partial charge in [0.1, 0.15) is 5.76 Å². The number of hydrogen-bond acceptors (Lipinski definition) is 4. The summed E-state index contributed by atoms with van der Waals surface area (Å²) < 4.78 is 11.5. The molecule has 2 aliphatic rings. The van der Waals surface area contributed by atoms with E-state index in [1.54, 1.807) is 6.26 Å². The van der Waals surface area contributed by atoms with Crippen molar-refractivity contribution >= 4 is 5.96 Å². The van der Waals surface area contributed by atoms with Crippen LogP contribution in [0, 0.1) is 6.92 Å². The third-order valence-corrected chi connectivity index (χ3v) is 6.97. The Hall–Kier alpha value is -2.31. The molecule has 6 nitrogen and oxygen atoms in total. The molecule has 1 aromatic carbocycles. The van der Waals surface area contributed by atoms with Crippen molar-refractivity contribution in [2.75, 3.05) is 45.9 Å². The summed E-state index contributed by atoms with van der Waals surface area (Å²) in [6.07, 6.45) is 6.29. The molecule has 1 atom stereocenters. The number of aliphatic imine (C=N–C) groups is 1.